The summed E-state index contributed by atoms with van der Waals surface area (Å²) in [4.78, 5) is 24.6. The number of aromatic nitrogens is 2. The molecule has 0 saturated carbocycles. The van der Waals surface area contributed by atoms with Crippen molar-refractivity contribution in [2.24, 2.45) is 5.92 Å². The molecule has 2 heterocycles. The van der Waals surface area contributed by atoms with Crippen molar-refractivity contribution in [3.8, 4) is 0 Å². The number of nitrogens with zero attached hydrogens (tertiary/aromatic N) is 2. The molecule has 18 heavy (non-hydrogen) atoms. The van der Waals surface area contributed by atoms with Crippen LogP contribution in [-0.4, -0.2) is 33.5 Å². The molecule has 1 aromatic heterocycles. The van der Waals surface area contributed by atoms with Gasteiger partial charge in [0.05, 0.1) is 0 Å². The minimum absolute atomic E-state index is 0.0961. The summed E-state index contributed by atoms with van der Waals surface area (Å²) in [7, 11) is 0. The molecule has 1 N–H and O–H groups in total. The minimum atomic E-state index is 0.0961. The number of carbonyl (C=O) groups excluding carboxylic acids is 2. The van der Waals surface area contributed by atoms with Gasteiger partial charge in [0.15, 0.2) is 10.9 Å². The maximum absolute atomic E-state index is 12.0. The molecule has 1 aromatic rings. The van der Waals surface area contributed by atoms with Crippen LogP contribution in [-0.2, 0) is 9.59 Å². The molecule has 1 atom stereocenters. The molecule has 1 aliphatic heterocycles. The number of H-pyrrole nitrogens is 1. The number of nitrogens with one attached hydrogen (secondary N) is 1. The molecule has 1 aliphatic rings. The van der Waals surface area contributed by atoms with E-state index in [2.05, 4.69) is 10.2 Å². The van der Waals surface area contributed by atoms with E-state index in [4.69, 9.17) is 0 Å². The summed E-state index contributed by atoms with van der Waals surface area (Å²) in [5, 5.41) is 7.18. The Kier molecular flexibility index (Phi) is 3.75. The van der Waals surface area contributed by atoms with Crippen molar-refractivity contribution < 1.29 is 9.59 Å². The lowest BCUT2D eigenvalue weighted by atomic mass is 10.1. The van der Waals surface area contributed by atoms with E-state index < -0.39 is 0 Å². The Balaban J connectivity index is 2.05. The van der Waals surface area contributed by atoms with Crippen LogP contribution in [0, 0.1) is 19.8 Å². The number of hydrogen-bond donors (Lipinski definition) is 1. The SMILES string of the molecule is CC(=O)SCC1CC(=O)N(c2n[nH]c(C)c2C)C1. The van der Waals surface area contributed by atoms with Gasteiger partial charge >= 0.3 is 0 Å². The lowest BCUT2D eigenvalue weighted by Crippen LogP contribution is -2.25. The number of amides is 1. The van der Waals surface area contributed by atoms with Crippen LogP contribution >= 0.6 is 11.8 Å². The lowest BCUT2D eigenvalue weighted by molar-refractivity contribution is -0.117. The molecule has 0 radical (unpaired) electrons. The van der Waals surface area contributed by atoms with Crippen LogP contribution in [0.15, 0.2) is 0 Å². The van der Waals surface area contributed by atoms with Gasteiger partial charge in [-0.15, -0.1) is 0 Å². The number of carbonyl (C=O) groups is 2. The first-order valence-electron chi connectivity index (χ1n) is 5.94. The van der Waals surface area contributed by atoms with Crippen LogP contribution < -0.4 is 4.90 Å². The molecule has 98 valence electrons. The molecule has 0 bridgehead atoms. The normalized spacial score (nSPS) is 19.6. The van der Waals surface area contributed by atoms with Crippen molar-refractivity contribution in [1.29, 1.82) is 0 Å². The second-order valence-corrected chi connectivity index (χ2v) is 5.87. The number of anilines is 1. The molecule has 1 amide bonds. The molecule has 0 aromatic carbocycles. The Morgan fingerprint density at radius 1 is 1.56 bits per heavy atom. The predicted molar refractivity (Wildman–Crippen MR) is 71.7 cm³/mol. The fourth-order valence-electron chi connectivity index (χ4n) is 2.07. The van der Waals surface area contributed by atoms with E-state index in [-0.39, 0.29) is 16.9 Å². The molecule has 0 spiro atoms. The highest BCUT2D eigenvalue weighted by Gasteiger charge is 2.33. The Labute approximate surface area is 110 Å². The average Bonchev–Trinajstić information content (AvgIpc) is 2.82. The Morgan fingerprint density at radius 3 is 2.83 bits per heavy atom. The molecule has 1 saturated heterocycles. The predicted octanol–water partition coefficient (Wildman–Crippen LogP) is 1.66. The molecule has 2 rings (SSSR count). The summed E-state index contributed by atoms with van der Waals surface area (Å²) in [6.07, 6.45) is 0.506. The quantitative estimate of drug-likeness (QED) is 0.904. The van der Waals surface area contributed by atoms with Crippen LogP contribution in [0.3, 0.4) is 0 Å². The third-order valence-corrected chi connectivity index (χ3v) is 4.26. The van der Waals surface area contributed by atoms with Crippen LogP contribution in [0.5, 0.6) is 0 Å². The highest BCUT2D eigenvalue weighted by atomic mass is 32.2. The Morgan fingerprint density at radius 2 is 2.28 bits per heavy atom. The van der Waals surface area contributed by atoms with Gasteiger partial charge < -0.3 is 0 Å². The monoisotopic (exact) mass is 267 g/mol. The van der Waals surface area contributed by atoms with Gasteiger partial charge in [-0.25, -0.2) is 0 Å². The lowest BCUT2D eigenvalue weighted by Gasteiger charge is -2.14. The van der Waals surface area contributed by atoms with Crippen molar-refractivity contribution in [3.63, 3.8) is 0 Å². The van der Waals surface area contributed by atoms with Crippen LogP contribution in [0.2, 0.25) is 0 Å². The topological polar surface area (TPSA) is 66.1 Å². The van der Waals surface area contributed by atoms with Crippen molar-refractivity contribution in [1.82, 2.24) is 10.2 Å². The van der Waals surface area contributed by atoms with Gasteiger partial charge in [-0.05, 0) is 19.8 Å². The summed E-state index contributed by atoms with van der Waals surface area (Å²) in [5.41, 5.74) is 2.00. The summed E-state index contributed by atoms with van der Waals surface area (Å²) in [5.74, 6) is 1.77. The van der Waals surface area contributed by atoms with Crippen molar-refractivity contribution in [2.45, 2.75) is 27.2 Å². The zero-order valence-corrected chi connectivity index (χ0v) is 11.6. The third-order valence-electron chi connectivity index (χ3n) is 3.21. The standard InChI is InChI=1S/C12H17N3O2S/c1-7-8(2)13-14-12(7)15-5-10(4-11(15)17)6-18-9(3)16/h10H,4-6H2,1-3H3,(H,13,14). The zero-order chi connectivity index (χ0) is 13.3. The number of hydrogen-bond acceptors (Lipinski definition) is 4. The van der Waals surface area contributed by atoms with E-state index in [9.17, 15) is 9.59 Å². The molecule has 5 nitrogen and oxygen atoms in total. The second-order valence-electron chi connectivity index (χ2n) is 4.67. The summed E-state index contributed by atoms with van der Waals surface area (Å²) >= 11 is 1.29. The maximum Gasteiger partial charge on any atom is 0.228 e. The molecule has 0 aliphatic carbocycles. The summed E-state index contributed by atoms with van der Waals surface area (Å²) in [6.45, 7) is 6.11. The van der Waals surface area contributed by atoms with Gasteiger partial charge in [0.25, 0.3) is 0 Å². The van der Waals surface area contributed by atoms with E-state index in [1.807, 2.05) is 13.8 Å². The van der Waals surface area contributed by atoms with Gasteiger partial charge in [-0.1, -0.05) is 11.8 Å². The van der Waals surface area contributed by atoms with E-state index in [0.717, 1.165) is 17.1 Å². The zero-order valence-electron chi connectivity index (χ0n) is 10.8. The van der Waals surface area contributed by atoms with Gasteiger partial charge in [-0.3, -0.25) is 19.6 Å². The second kappa shape index (κ2) is 5.14. The number of aromatic amines is 1. The summed E-state index contributed by atoms with van der Waals surface area (Å²) < 4.78 is 0. The number of thioether (sulfide) groups is 1. The number of aryl methyl sites for hydroxylation is 1. The van der Waals surface area contributed by atoms with Crippen LogP contribution in [0.1, 0.15) is 24.6 Å². The summed E-state index contributed by atoms with van der Waals surface area (Å²) in [6, 6.07) is 0. The first-order valence-corrected chi connectivity index (χ1v) is 6.93. The molecule has 1 fully saturated rings. The van der Waals surface area contributed by atoms with E-state index in [1.165, 1.54) is 11.8 Å². The fourth-order valence-corrected chi connectivity index (χ4v) is 2.76. The minimum Gasteiger partial charge on any atom is -0.295 e. The number of rotatable bonds is 3. The van der Waals surface area contributed by atoms with Crippen molar-refractivity contribution in [2.75, 3.05) is 17.2 Å². The maximum atomic E-state index is 12.0. The molecular formula is C12H17N3O2S. The Bertz CT molecular complexity index is 484. The highest BCUT2D eigenvalue weighted by molar-refractivity contribution is 8.13. The highest BCUT2D eigenvalue weighted by Crippen LogP contribution is 2.28. The van der Waals surface area contributed by atoms with Crippen molar-refractivity contribution in [3.05, 3.63) is 11.3 Å². The molecular weight excluding hydrogens is 250 g/mol. The smallest absolute Gasteiger partial charge is 0.228 e. The largest absolute Gasteiger partial charge is 0.295 e. The van der Waals surface area contributed by atoms with E-state index >= 15 is 0 Å². The first-order chi connectivity index (χ1) is 8.49. The van der Waals surface area contributed by atoms with Gasteiger partial charge in [-0.2, -0.15) is 5.10 Å². The third kappa shape index (κ3) is 2.58. The van der Waals surface area contributed by atoms with Crippen LogP contribution in [0.4, 0.5) is 5.82 Å². The fraction of sp³-hybridized carbons (Fsp3) is 0.583. The first kappa shape index (κ1) is 13.1. The van der Waals surface area contributed by atoms with E-state index in [1.54, 1.807) is 11.8 Å². The van der Waals surface area contributed by atoms with Gasteiger partial charge in [0.1, 0.15) is 0 Å². The Hall–Kier alpha value is -1.30. The van der Waals surface area contributed by atoms with Crippen molar-refractivity contribution >= 4 is 28.6 Å². The van der Waals surface area contributed by atoms with Gasteiger partial charge in [0.2, 0.25) is 5.91 Å². The molecule has 1 unspecified atom stereocenters. The molecule has 6 heteroatoms. The van der Waals surface area contributed by atoms with E-state index in [0.29, 0.717) is 18.7 Å². The van der Waals surface area contributed by atoms with Crippen LogP contribution in [0.25, 0.3) is 0 Å². The average molecular weight is 267 g/mol. The van der Waals surface area contributed by atoms with Gasteiger partial charge in [0, 0.05) is 36.9 Å².